The maximum Gasteiger partial charge on any atom is 0.335 e. The second kappa shape index (κ2) is 11.4. The van der Waals surface area contributed by atoms with Crippen molar-refractivity contribution in [3.05, 3.63) is 83.7 Å². The molecule has 0 aliphatic heterocycles. The molecule has 5 heteroatoms. The molecule has 5 nitrogen and oxygen atoms in total. The van der Waals surface area contributed by atoms with Crippen LogP contribution in [-0.4, -0.2) is 22.0 Å². The summed E-state index contributed by atoms with van der Waals surface area (Å²) in [6.07, 6.45) is 16.2. The Labute approximate surface area is 288 Å². The van der Waals surface area contributed by atoms with Crippen molar-refractivity contribution < 1.29 is 14.7 Å². The molecular formula is C43H56N2O3. The Morgan fingerprint density at radius 3 is 2.25 bits per heavy atom. The summed E-state index contributed by atoms with van der Waals surface area (Å²) in [4.78, 5) is 30.1. The van der Waals surface area contributed by atoms with Crippen molar-refractivity contribution in [1.29, 1.82) is 0 Å². The Hall–Kier alpha value is -3.21. The molecule has 48 heavy (non-hydrogen) atoms. The molecule has 0 bridgehead atoms. The number of rotatable bonds is 6. The van der Waals surface area contributed by atoms with Crippen molar-refractivity contribution in [3.63, 3.8) is 0 Å². The van der Waals surface area contributed by atoms with Crippen molar-refractivity contribution in [2.75, 3.05) is 0 Å². The number of carboxylic acid groups (broad SMARTS) is 1. The van der Waals surface area contributed by atoms with Crippen LogP contribution in [-0.2, 0) is 11.3 Å². The average molecular weight is 649 g/mol. The first-order chi connectivity index (χ1) is 22.7. The highest BCUT2D eigenvalue weighted by atomic mass is 16.4. The van der Waals surface area contributed by atoms with E-state index in [0.29, 0.717) is 41.7 Å². The van der Waals surface area contributed by atoms with Gasteiger partial charge in [-0.25, -0.2) is 4.79 Å². The highest BCUT2D eigenvalue weighted by molar-refractivity contribution is 5.88. The van der Waals surface area contributed by atoms with Crippen LogP contribution < -0.4 is 5.32 Å². The number of pyridine rings is 1. The van der Waals surface area contributed by atoms with Crippen molar-refractivity contribution in [2.24, 2.45) is 56.7 Å². The van der Waals surface area contributed by atoms with Crippen LogP contribution in [0.3, 0.4) is 0 Å². The average Bonchev–Trinajstić information content (AvgIpc) is 3.46. The van der Waals surface area contributed by atoms with E-state index in [-0.39, 0.29) is 33.0 Å². The number of fused-ring (bicyclic) bond motifs is 7. The maximum absolute atomic E-state index is 14.4. The largest absolute Gasteiger partial charge is 0.478 e. The summed E-state index contributed by atoms with van der Waals surface area (Å²) in [6.45, 7) is 20.1. The van der Waals surface area contributed by atoms with Gasteiger partial charge in [-0.15, -0.1) is 0 Å². The normalized spacial score (nSPS) is 39.5. The number of nitrogens with one attached hydrogen (secondary N) is 1. The zero-order valence-electron chi connectivity index (χ0n) is 30.1. The van der Waals surface area contributed by atoms with Crippen LogP contribution in [0.1, 0.15) is 121 Å². The Bertz CT molecular complexity index is 1640. The van der Waals surface area contributed by atoms with Crippen LogP contribution in [0.2, 0.25) is 0 Å². The lowest BCUT2D eigenvalue weighted by Crippen LogP contribution is -2.66. The molecule has 5 aliphatic rings. The quantitative estimate of drug-likeness (QED) is 0.306. The number of carbonyl (C=O) groups excluding carboxylic acids is 1. The maximum atomic E-state index is 14.4. The molecule has 1 aromatic carbocycles. The number of amides is 1. The number of aromatic nitrogens is 1. The van der Waals surface area contributed by atoms with E-state index in [4.69, 9.17) is 0 Å². The number of carboxylic acids is 1. The third-order valence-corrected chi connectivity index (χ3v) is 15.7. The summed E-state index contributed by atoms with van der Waals surface area (Å²) in [6, 6.07) is 11.5. The van der Waals surface area contributed by atoms with Gasteiger partial charge < -0.3 is 10.4 Å². The molecule has 1 aromatic heterocycles. The summed E-state index contributed by atoms with van der Waals surface area (Å²) in [5.41, 5.74) is 5.48. The fraction of sp³-hybridized carbons (Fsp3) is 0.605. The molecule has 1 amide bonds. The number of hydrogen-bond donors (Lipinski definition) is 2. The summed E-state index contributed by atoms with van der Waals surface area (Å²) in [7, 11) is 0. The summed E-state index contributed by atoms with van der Waals surface area (Å²) >= 11 is 0. The topological polar surface area (TPSA) is 79.3 Å². The van der Waals surface area contributed by atoms with Gasteiger partial charge in [-0.3, -0.25) is 9.78 Å². The monoisotopic (exact) mass is 648 g/mol. The SMILES string of the molecule is C=C(C)[C@@H]1CC[C@]2(C(=O)NCc3ccncc3)CC[C@]3(C)[C@H](CCC4[C@@]5(C)CC=C(c6ccc(C(=O)O)cc6)C(C)(C)C5CC[C@]43C)C12. The van der Waals surface area contributed by atoms with E-state index in [1.165, 1.54) is 36.8 Å². The summed E-state index contributed by atoms with van der Waals surface area (Å²) in [5, 5.41) is 12.9. The molecule has 0 radical (unpaired) electrons. The number of allylic oxidation sites excluding steroid dienone is 3. The van der Waals surface area contributed by atoms with Gasteiger partial charge in [0.1, 0.15) is 0 Å². The minimum Gasteiger partial charge on any atom is -0.478 e. The van der Waals surface area contributed by atoms with Gasteiger partial charge >= 0.3 is 5.97 Å². The van der Waals surface area contributed by atoms with Gasteiger partial charge in [-0.1, -0.05) is 65.0 Å². The first kappa shape index (κ1) is 33.3. The van der Waals surface area contributed by atoms with Crippen LogP contribution >= 0.6 is 0 Å². The smallest absolute Gasteiger partial charge is 0.335 e. The molecule has 0 saturated heterocycles. The number of carbonyl (C=O) groups is 2. The van der Waals surface area contributed by atoms with Crippen LogP contribution in [0.4, 0.5) is 0 Å². The predicted octanol–water partition coefficient (Wildman–Crippen LogP) is 9.75. The van der Waals surface area contributed by atoms with E-state index in [9.17, 15) is 14.7 Å². The van der Waals surface area contributed by atoms with Gasteiger partial charge in [0.2, 0.25) is 5.91 Å². The first-order valence-electron chi connectivity index (χ1n) is 18.6. The zero-order valence-corrected chi connectivity index (χ0v) is 30.1. The van der Waals surface area contributed by atoms with Crippen molar-refractivity contribution in [3.8, 4) is 0 Å². The minimum atomic E-state index is -0.876. The molecule has 1 heterocycles. The lowest BCUT2D eigenvalue weighted by molar-refractivity contribution is -0.225. The van der Waals surface area contributed by atoms with Crippen molar-refractivity contribution >= 4 is 17.4 Å². The van der Waals surface area contributed by atoms with E-state index in [1.807, 2.05) is 24.3 Å². The molecule has 4 fully saturated rings. The van der Waals surface area contributed by atoms with E-state index >= 15 is 0 Å². The van der Waals surface area contributed by atoms with E-state index in [1.54, 1.807) is 24.5 Å². The molecule has 2 N–H and O–H groups in total. The lowest BCUT2D eigenvalue weighted by Gasteiger charge is -2.72. The summed E-state index contributed by atoms with van der Waals surface area (Å²) in [5.74, 6) is 1.82. The molecule has 9 atom stereocenters. The Kier molecular flexibility index (Phi) is 7.92. The van der Waals surface area contributed by atoms with Crippen LogP contribution in [0.25, 0.3) is 5.57 Å². The number of nitrogens with zero attached hydrogens (tertiary/aromatic N) is 1. The van der Waals surface area contributed by atoms with Gasteiger partial charge in [-0.2, -0.15) is 0 Å². The second-order valence-electron chi connectivity index (χ2n) is 17.8. The van der Waals surface area contributed by atoms with Gasteiger partial charge in [0, 0.05) is 18.9 Å². The molecule has 7 rings (SSSR count). The Morgan fingerprint density at radius 2 is 1.58 bits per heavy atom. The van der Waals surface area contributed by atoms with E-state index in [2.05, 4.69) is 64.5 Å². The third-order valence-electron chi connectivity index (χ3n) is 15.7. The number of benzene rings is 1. The zero-order chi connectivity index (χ0) is 34.3. The minimum absolute atomic E-state index is 0.0120. The lowest BCUT2D eigenvalue weighted by atomic mass is 9.32. The Balaban J connectivity index is 1.20. The third kappa shape index (κ3) is 4.65. The molecule has 3 unspecified atom stereocenters. The molecule has 5 aliphatic carbocycles. The molecule has 256 valence electrons. The Morgan fingerprint density at radius 1 is 0.875 bits per heavy atom. The van der Waals surface area contributed by atoms with Crippen molar-refractivity contribution in [2.45, 2.75) is 106 Å². The van der Waals surface area contributed by atoms with Gasteiger partial charge in [0.15, 0.2) is 0 Å². The predicted molar refractivity (Wildman–Crippen MR) is 192 cm³/mol. The molecule has 0 spiro atoms. The van der Waals surface area contributed by atoms with Crippen molar-refractivity contribution in [1.82, 2.24) is 10.3 Å². The highest BCUT2D eigenvalue weighted by Gasteiger charge is 2.71. The second-order valence-corrected chi connectivity index (χ2v) is 17.8. The van der Waals surface area contributed by atoms with Gasteiger partial charge in [-0.05, 0) is 157 Å². The number of hydrogen-bond acceptors (Lipinski definition) is 3. The fourth-order valence-electron chi connectivity index (χ4n) is 13.3. The van der Waals surface area contributed by atoms with Crippen LogP contribution in [0, 0.1) is 56.7 Å². The van der Waals surface area contributed by atoms with Gasteiger partial charge in [0.05, 0.1) is 11.0 Å². The highest BCUT2D eigenvalue weighted by Crippen LogP contribution is 2.77. The van der Waals surface area contributed by atoms with Crippen LogP contribution in [0.5, 0.6) is 0 Å². The fourth-order valence-corrected chi connectivity index (χ4v) is 13.3. The molecule has 2 aromatic rings. The number of aromatic carboxylic acids is 1. The van der Waals surface area contributed by atoms with E-state index in [0.717, 1.165) is 43.2 Å². The summed E-state index contributed by atoms with van der Waals surface area (Å²) < 4.78 is 0. The first-order valence-corrected chi connectivity index (χ1v) is 18.6. The van der Waals surface area contributed by atoms with Gasteiger partial charge in [0.25, 0.3) is 0 Å². The standard InChI is InChI=1S/C43H56N2O3/c1-27(2)31-14-21-43(38(48)45-26-28-17-24-44-25-18-28)23-22-41(6)33(36(31)43)12-13-35-40(5)19-15-32(29-8-10-30(11-9-29)37(46)47)39(3,4)34(40)16-20-42(35,41)7/h8-11,15,17-18,24-25,31,33-36H,1,12-14,16,19-23,26H2,2-7H3,(H,45,48)(H,46,47)/t31-,33+,34?,35?,36?,40-,41+,42+,43-/m0/s1. The molecular weight excluding hydrogens is 592 g/mol. The molecule has 4 saturated carbocycles. The van der Waals surface area contributed by atoms with E-state index < -0.39 is 5.97 Å². The van der Waals surface area contributed by atoms with Crippen LogP contribution in [0.15, 0.2) is 67.0 Å².